The highest BCUT2D eigenvalue weighted by molar-refractivity contribution is 5.86. The number of carboxylic acid groups (broad SMARTS) is 1. The van der Waals surface area contributed by atoms with Crippen LogP contribution in [0, 0.1) is 0 Å². The summed E-state index contributed by atoms with van der Waals surface area (Å²) in [7, 11) is 0. The molecule has 1 heterocycles. The Morgan fingerprint density at radius 3 is 2.52 bits per heavy atom. The number of hydrogen-bond acceptors (Lipinski definition) is 5. The molecule has 0 spiro atoms. The van der Waals surface area contributed by atoms with Gasteiger partial charge in [-0.25, -0.2) is 0 Å². The van der Waals surface area contributed by atoms with Gasteiger partial charge in [0.2, 0.25) is 5.91 Å². The van der Waals surface area contributed by atoms with E-state index in [0.717, 1.165) is 12.1 Å². The number of likely N-dealkylation sites (tertiary alicyclic amines) is 1. The maximum absolute atomic E-state index is 13.0. The van der Waals surface area contributed by atoms with E-state index >= 15 is 0 Å². The largest absolute Gasteiger partial charge is 0.545 e. The third kappa shape index (κ3) is 5.62. The van der Waals surface area contributed by atoms with Crippen LogP contribution in [0.3, 0.4) is 0 Å². The number of carbonyl (C=O) groups excluding carboxylic acids is 2. The number of amides is 1. The van der Waals surface area contributed by atoms with Crippen molar-refractivity contribution < 1.29 is 33.0 Å². The molecule has 166 valence electrons. The molecule has 0 bridgehead atoms. The number of aliphatic hydroxyl groups is 1. The lowest BCUT2D eigenvalue weighted by molar-refractivity contribution is -0.255. The molecule has 1 amide bonds. The van der Waals surface area contributed by atoms with E-state index in [1.54, 1.807) is 30.0 Å². The molecule has 1 aliphatic heterocycles. The molecule has 3 atom stereocenters. The van der Waals surface area contributed by atoms with Gasteiger partial charge in [-0.3, -0.25) is 9.69 Å². The van der Waals surface area contributed by atoms with Gasteiger partial charge in [0.25, 0.3) is 0 Å². The second-order valence-corrected chi connectivity index (χ2v) is 7.67. The molecule has 0 aromatic heterocycles. The number of carboxylic acids is 1. The number of alkyl halides is 3. The number of rotatable bonds is 6. The fraction of sp³-hybridized carbons (Fsp3) is 0.364. The number of nitrogens with one attached hydrogen (secondary N) is 1. The van der Waals surface area contributed by atoms with Crippen molar-refractivity contribution in [2.24, 2.45) is 0 Å². The molecule has 2 N–H and O–H groups in total. The zero-order valence-electron chi connectivity index (χ0n) is 16.7. The molecule has 1 aliphatic rings. The Hall–Kier alpha value is -2.91. The summed E-state index contributed by atoms with van der Waals surface area (Å²) in [6, 6.07) is 9.67. The van der Waals surface area contributed by atoms with Gasteiger partial charge in [0.15, 0.2) is 0 Å². The molecular weight excluding hydrogens is 413 g/mol. The van der Waals surface area contributed by atoms with Crippen LogP contribution in [0.5, 0.6) is 0 Å². The minimum Gasteiger partial charge on any atom is -0.545 e. The molecule has 1 saturated heterocycles. The highest BCUT2D eigenvalue weighted by Crippen LogP contribution is 2.30. The van der Waals surface area contributed by atoms with Gasteiger partial charge in [-0.15, -0.1) is 0 Å². The molecule has 2 aromatic rings. The fourth-order valence-corrected chi connectivity index (χ4v) is 3.71. The molecule has 0 radical (unpaired) electrons. The van der Waals surface area contributed by atoms with Crippen molar-refractivity contribution in [1.82, 2.24) is 10.2 Å². The van der Waals surface area contributed by atoms with E-state index in [9.17, 15) is 33.0 Å². The van der Waals surface area contributed by atoms with Gasteiger partial charge in [-0.1, -0.05) is 42.5 Å². The van der Waals surface area contributed by atoms with Gasteiger partial charge in [-0.2, -0.15) is 13.2 Å². The zero-order chi connectivity index (χ0) is 22.8. The van der Waals surface area contributed by atoms with Crippen molar-refractivity contribution in [1.29, 1.82) is 0 Å². The van der Waals surface area contributed by atoms with E-state index in [1.807, 2.05) is 0 Å². The molecule has 0 saturated carbocycles. The van der Waals surface area contributed by atoms with E-state index in [-0.39, 0.29) is 31.0 Å². The van der Waals surface area contributed by atoms with E-state index in [2.05, 4.69) is 5.32 Å². The predicted molar refractivity (Wildman–Crippen MR) is 104 cm³/mol. The first-order valence-electron chi connectivity index (χ1n) is 9.74. The number of aromatic carboxylic acids is 1. The summed E-state index contributed by atoms with van der Waals surface area (Å²) in [5, 5.41) is 23.7. The minimum atomic E-state index is -4.46. The summed E-state index contributed by atoms with van der Waals surface area (Å²) in [4.78, 5) is 25.3. The Morgan fingerprint density at radius 1 is 1.23 bits per heavy atom. The first-order chi connectivity index (χ1) is 14.5. The van der Waals surface area contributed by atoms with Crippen molar-refractivity contribution in [3.8, 4) is 0 Å². The third-order valence-electron chi connectivity index (χ3n) is 5.33. The smallest absolute Gasteiger partial charge is 0.416 e. The van der Waals surface area contributed by atoms with E-state index < -0.39 is 35.9 Å². The second-order valence-electron chi connectivity index (χ2n) is 7.67. The number of β-amino-alcohol motifs (C(OH)–C–C–N with tert-alkyl or cyclic N) is 1. The second kappa shape index (κ2) is 9.07. The molecule has 0 unspecified atom stereocenters. The highest BCUT2D eigenvalue weighted by atomic mass is 19.4. The van der Waals surface area contributed by atoms with Crippen LogP contribution in [0.2, 0.25) is 0 Å². The molecule has 6 nitrogen and oxygen atoms in total. The predicted octanol–water partition coefficient (Wildman–Crippen LogP) is 1.88. The van der Waals surface area contributed by atoms with Crippen molar-refractivity contribution >= 4 is 11.9 Å². The summed E-state index contributed by atoms with van der Waals surface area (Å²) < 4.78 is 38.9. The Bertz CT molecular complexity index is 947. The van der Waals surface area contributed by atoms with Crippen LogP contribution in [0.4, 0.5) is 13.2 Å². The molecule has 9 heteroatoms. The topological polar surface area (TPSA) is 92.7 Å². The van der Waals surface area contributed by atoms with Crippen LogP contribution in [-0.2, 0) is 17.5 Å². The van der Waals surface area contributed by atoms with Crippen molar-refractivity contribution in [2.45, 2.75) is 44.3 Å². The number of benzene rings is 2. The number of halogens is 3. The molecule has 31 heavy (non-hydrogen) atoms. The van der Waals surface area contributed by atoms with Crippen LogP contribution < -0.4 is 10.4 Å². The lowest BCUT2D eigenvalue weighted by Crippen LogP contribution is -2.43. The lowest BCUT2D eigenvalue weighted by Gasteiger charge is -2.25. The number of nitrogens with zero attached hydrogens (tertiary/aromatic N) is 1. The number of hydrogen-bond donors (Lipinski definition) is 2. The summed E-state index contributed by atoms with van der Waals surface area (Å²) in [6.07, 6.45) is -5.06. The average molecular weight is 435 g/mol. The van der Waals surface area contributed by atoms with Gasteiger partial charge in [-0.05, 0) is 36.1 Å². The van der Waals surface area contributed by atoms with Crippen molar-refractivity contribution in [3.63, 3.8) is 0 Å². The summed E-state index contributed by atoms with van der Waals surface area (Å²) >= 11 is 0. The maximum atomic E-state index is 13.0. The van der Waals surface area contributed by atoms with Gasteiger partial charge in [0, 0.05) is 13.1 Å². The first-order valence-corrected chi connectivity index (χ1v) is 9.74. The quantitative estimate of drug-likeness (QED) is 0.723. The van der Waals surface area contributed by atoms with E-state index in [4.69, 9.17) is 0 Å². The summed E-state index contributed by atoms with van der Waals surface area (Å²) in [5.41, 5.74) is 0.335. The van der Waals surface area contributed by atoms with Crippen LogP contribution in [0.15, 0.2) is 48.5 Å². The lowest BCUT2D eigenvalue weighted by atomic mass is 10.0. The first kappa shape index (κ1) is 22.8. The van der Waals surface area contributed by atoms with Crippen LogP contribution >= 0.6 is 0 Å². The Kier molecular flexibility index (Phi) is 6.66. The molecule has 2 aromatic carbocycles. The van der Waals surface area contributed by atoms with Gasteiger partial charge >= 0.3 is 6.18 Å². The van der Waals surface area contributed by atoms with Gasteiger partial charge in [0.05, 0.1) is 29.7 Å². The maximum Gasteiger partial charge on any atom is 0.416 e. The fourth-order valence-electron chi connectivity index (χ4n) is 3.71. The minimum absolute atomic E-state index is 0.0217. The molecule has 0 aliphatic carbocycles. The number of carbonyl (C=O) groups is 2. The molecule has 1 fully saturated rings. The molecular formula is C22H22F3N2O4-. The van der Waals surface area contributed by atoms with Crippen molar-refractivity contribution in [2.75, 3.05) is 6.54 Å². The van der Waals surface area contributed by atoms with E-state index in [1.165, 1.54) is 18.2 Å². The Labute approximate surface area is 177 Å². The van der Waals surface area contributed by atoms with Crippen LogP contribution in [0.25, 0.3) is 0 Å². The molecule has 3 rings (SSSR count). The van der Waals surface area contributed by atoms with Crippen LogP contribution in [0.1, 0.15) is 46.4 Å². The standard InChI is InChI=1S/C22H23F3N2O4/c1-13(15-5-7-16(8-6-15)21(30)31)26-20(29)19-10-18(28)12-27(19)11-14-3-2-4-17(9-14)22(23,24)25/h2-9,13,18-19,28H,10-12H2,1H3,(H,26,29)(H,30,31)/p-1/t13-,18+,19+/m0/s1. The SMILES string of the molecule is C[C@H](NC(=O)[C@H]1C[C@@H](O)CN1Cc1cccc(C(F)(F)F)c1)c1ccc(C(=O)[O-])cc1. The monoisotopic (exact) mass is 435 g/mol. The zero-order valence-corrected chi connectivity index (χ0v) is 16.7. The summed E-state index contributed by atoms with van der Waals surface area (Å²) in [6.45, 7) is 1.99. The Morgan fingerprint density at radius 2 is 1.90 bits per heavy atom. The van der Waals surface area contributed by atoms with Gasteiger partial charge in [0.1, 0.15) is 0 Å². The normalized spacial score (nSPS) is 20.4. The average Bonchev–Trinajstić information content (AvgIpc) is 3.07. The Balaban J connectivity index is 1.69. The van der Waals surface area contributed by atoms with Gasteiger partial charge < -0.3 is 20.3 Å². The third-order valence-corrected chi connectivity index (χ3v) is 5.33. The highest BCUT2D eigenvalue weighted by Gasteiger charge is 2.37. The summed E-state index contributed by atoms with van der Waals surface area (Å²) in [5.74, 6) is -1.66. The van der Waals surface area contributed by atoms with Crippen LogP contribution in [-0.4, -0.2) is 40.6 Å². The van der Waals surface area contributed by atoms with E-state index in [0.29, 0.717) is 11.1 Å². The van der Waals surface area contributed by atoms with Crippen molar-refractivity contribution in [3.05, 3.63) is 70.8 Å². The number of aliphatic hydroxyl groups excluding tert-OH is 1.